The Balaban J connectivity index is 2.10. The molecule has 2 rings (SSSR count). The number of halogens is 2. The normalized spacial score (nSPS) is 26.2. The minimum Gasteiger partial charge on any atom is -0.206 e. The van der Waals surface area contributed by atoms with Crippen molar-refractivity contribution in [3.8, 4) is 6.07 Å². The summed E-state index contributed by atoms with van der Waals surface area (Å²) in [6.45, 7) is 2.22. The number of nitrogens with zero attached hydrogens (tertiary/aromatic N) is 1. The molecule has 1 aromatic rings. The zero-order valence-corrected chi connectivity index (χ0v) is 13.5. The lowest BCUT2D eigenvalue weighted by Crippen LogP contribution is -2.28. The Kier molecular flexibility index (Phi) is 5.21. The van der Waals surface area contributed by atoms with E-state index in [2.05, 4.69) is 28.9 Å². The van der Waals surface area contributed by atoms with Crippen LogP contribution < -0.4 is 0 Å². The van der Waals surface area contributed by atoms with Crippen LogP contribution >= 0.6 is 15.9 Å². The molecule has 0 radical (unpaired) electrons. The van der Waals surface area contributed by atoms with Gasteiger partial charge in [0.15, 0.2) is 0 Å². The Labute approximate surface area is 129 Å². The van der Waals surface area contributed by atoms with Gasteiger partial charge in [0.25, 0.3) is 0 Å². The lowest BCUT2D eigenvalue weighted by atomic mass is 9.67. The first-order valence-corrected chi connectivity index (χ1v) is 8.23. The van der Waals surface area contributed by atoms with Gasteiger partial charge in [0, 0.05) is 0 Å². The Morgan fingerprint density at radius 3 is 2.70 bits per heavy atom. The first-order chi connectivity index (χ1) is 9.60. The fourth-order valence-corrected chi connectivity index (χ4v) is 3.71. The summed E-state index contributed by atoms with van der Waals surface area (Å²) in [6, 6.07) is 7.63. The largest absolute Gasteiger partial charge is 0.206 e. The van der Waals surface area contributed by atoms with Crippen LogP contribution in [0.4, 0.5) is 4.39 Å². The van der Waals surface area contributed by atoms with Crippen molar-refractivity contribution in [1.29, 1.82) is 5.26 Å². The topological polar surface area (TPSA) is 23.8 Å². The van der Waals surface area contributed by atoms with E-state index in [1.54, 1.807) is 6.07 Å². The number of hydrogen-bond donors (Lipinski definition) is 0. The molecule has 0 bridgehead atoms. The molecule has 0 spiro atoms. The molecular weight excluding hydrogens is 317 g/mol. The molecule has 0 heterocycles. The van der Waals surface area contributed by atoms with Crippen LogP contribution in [0.2, 0.25) is 0 Å². The lowest BCUT2D eigenvalue weighted by molar-refractivity contribution is 0.200. The van der Waals surface area contributed by atoms with Gasteiger partial charge in [0.1, 0.15) is 5.82 Å². The third-order valence-electron chi connectivity index (χ3n) is 4.56. The smallest absolute Gasteiger partial charge is 0.137 e. The molecule has 1 aromatic carbocycles. The van der Waals surface area contributed by atoms with E-state index in [-0.39, 0.29) is 11.2 Å². The molecule has 1 aliphatic rings. The van der Waals surface area contributed by atoms with Gasteiger partial charge in [-0.05, 0) is 65.6 Å². The predicted molar refractivity (Wildman–Crippen MR) is 82.7 cm³/mol. The first-order valence-electron chi connectivity index (χ1n) is 7.44. The molecule has 108 valence electrons. The standard InChI is InChI=1S/C17H21BrFN/c1-2-4-13-7-9-17(12-20,10-8-13)11-14-5-3-6-15(19)16(14)18/h3,5-6,13H,2,4,7-11H2,1H3. The molecule has 20 heavy (non-hydrogen) atoms. The third kappa shape index (κ3) is 3.41. The Morgan fingerprint density at radius 2 is 2.10 bits per heavy atom. The third-order valence-corrected chi connectivity index (χ3v) is 5.44. The van der Waals surface area contributed by atoms with Crippen LogP contribution in [0.15, 0.2) is 22.7 Å². The fourth-order valence-electron chi connectivity index (χ4n) is 3.30. The summed E-state index contributed by atoms with van der Waals surface area (Å²) < 4.78 is 14.1. The van der Waals surface area contributed by atoms with Gasteiger partial charge < -0.3 is 0 Å². The first kappa shape index (κ1) is 15.5. The van der Waals surface area contributed by atoms with E-state index in [1.165, 1.54) is 18.9 Å². The van der Waals surface area contributed by atoms with Crippen molar-refractivity contribution in [2.45, 2.75) is 51.9 Å². The highest BCUT2D eigenvalue weighted by atomic mass is 79.9. The highest BCUT2D eigenvalue weighted by Crippen LogP contribution is 2.43. The van der Waals surface area contributed by atoms with Gasteiger partial charge in [-0.25, -0.2) is 4.39 Å². The quantitative estimate of drug-likeness (QED) is 0.698. The van der Waals surface area contributed by atoms with Crippen molar-refractivity contribution in [3.63, 3.8) is 0 Å². The van der Waals surface area contributed by atoms with Gasteiger partial charge in [0.05, 0.1) is 16.0 Å². The summed E-state index contributed by atoms with van der Waals surface area (Å²) in [6.07, 6.45) is 7.29. The van der Waals surface area contributed by atoms with E-state index >= 15 is 0 Å². The molecule has 0 saturated heterocycles. The van der Waals surface area contributed by atoms with Gasteiger partial charge >= 0.3 is 0 Å². The summed E-state index contributed by atoms with van der Waals surface area (Å²) >= 11 is 3.31. The molecule has 0 amide bonds. The predicted octanol–water partition coefficient (Wildman–Crippen LogP) is 5.63. The maximum absolute atomic E-state index is 13.6. The monoisotopic (exact) mass is 337 g/mol. The van der Waals surface area contributed by atoms with Crippen LogP contribution in [-0.2, 0) is 6.42 Å². The minimum atomic E-state index is -0.305. The van der Waals surface area contributed by atoms with Gasteiger partial charge in [-0.1, -0.05) is 31.9 Å². The van der Waals surface area contributed by atoms with Crippen molar-refractivity contribution in [3.05, 3.63) is 34.1 Å². The molecule has 0 N–H and O–H groups in total. The Morgan fingerprint density at radius 1 is 1.40 bits per heavy atom. The van der Waals surface area contributed by atoms with E-state index in [0.29, 0.717) is 10.9 Å². The molecule has 0 aliphatic heterocycles. The van der Waals surface area contributed by atoms with Crippen LogP contribution in [0.1, 0.15) is 51.0 Å². The van der Waals surface area contributed by atoms with Crippen LogP contribution in [0.3, 0.4) is 0 Å². The second kappa shape index (κ2) is 6.72. The zero-order chi connectivity index (χ0) is 14.6. The lowest BCUT2D eigenvalue weighted by Gasteiger charge is -2.35. The molecule has 0 aromatic heterocycles. The Bertz CT molecular complexity index is 498. The van der Waals surface area contributed by atoms with Crippen LogP contribution in [0, 0.1) is 28.5 Å². The number of nitriles is 1. The van der Waals surface area contributed by atoms with Crippen molar-refractivity contribution < 1.29 is 4.39 Å². The second-order valence-electron chi connectivity index (χ2n) is 6.01. The average molecular weight is 338 g/mol. The van der Waals surface area contributed by atoms with Gasteiger partial charge in [-0.2, -0.15) is 5.26 Å². The molecule has 1 fully saturated rings. The summed E-state index contributed by atoms with van der Waals surface area (Å²) in [5.41, 5.74) is 0.612. The fraction of sp³-hybridized carbons (Fsp3) is 0.588. The van der Waals surface area contributed by atoms with Crippen molar-refractivity contribution in [2.75, 3.05) is 0 Å². The molecule has 1 aliphatic carbocycles. The van der Waals surface area contributed by atoms with Gasteiger partial charge in [-0.3, -0.25) is 0 Å². The summed E-state index contributed by atoms with van der Waals surface area (Å²) in [4.78, 5) is 0. The van der Waals surface area contributed by atoms with Gasteiger partial charge in [0.2, 0.25) is 0 Å². The summed E-state index contributed by atoms with van der Waals surface area (Å²) in [7, 11) is 0. The molecule has 1 nitrogen and oxygen atoms in total. The molecule has 0 unspecified atom stereocenters. The highest BCUT2D eigenvalue weighted by Gasteiger charge is 2.35. The number of benzene rings is 1. The minimum absolute atomic E-state index is 0.241. The molecule has 0 atom stereocenters. The molecular formula is C17H21BrFN. The highest BCUT2D eigenvalue weighted by molar-refractivity contribution is 9.10. The van der Waals surface area contributed by atoms with Crippen molar-refractivity contribution in [1.82, 2.24) is 0 Å². The SMILES string of the molecule is CCCC1CCC(C#N)(Cc2cccc(F)c2Br)CC1. The second-order valence-corrected chi connectivity index (χ2v) is 6.81. The Hall–Kier alpha value is -0.880. The van der Waals surface area contributed by atoms with Crippen LogP contribution in [0.25, 0.3) is 0 Å². The summed E-state index contributed by atoms with van der Waals surface area (Å²) in [5, 5.41) is 9.62. The van der Waals surface area contributed by atoms with E-state index in [0.717, 1.165) is 37.2 Å². The van der Waals surface area contributed by atoms with Crippen LogP contribution in [0.5, 0.6) is 0 Å². The average Bonchev–Trinajstić information content (AvgIpc) is 2.46. The van der Waals surface area contributed by atoms with Crippen molar-refractivity contribution in [2.24, 2.45) is 11.3 Å². The van der Waals surface area contributed by atoms with E-state index in [1.807, 2.05) is 6.07 Å². The maximum atomic E-state index is 13.6. The molecule has 3 heteroatoms. The van der Waals surface area contributed by atoms with Crippen molar-refractivity contribution >= 4 is 15.9 Å². The zero-order valence-electron chi connectivity index (χ0n) is 12.0. The van der Waals surface area contributed by atoms with E-state index < -0.39 is 0 Å². The van der Waals surface area contributed by atoms with Gasteiger partial charge in [-0.15, -0.1) is 0 Å². The summed E-state index contributed by atoms with van der Waals surface area (Å²) in [5.74, 6) is 0.535. The number of rotatable bonds is 4. The number of hydrogen-bond acceptors (Lipinski definition) is 1. The maximum Gasteiger partial charge on any atom is 0.137 e. The molecule has 1 saturated carbocycles. The van der Waals surface area contributed by atoms with E-state index in [9.17, 15) is 9.65 Å². The van der Waals surface area contributed by atoms with Crippen LogP contribution in [-0.4, -0.2) is 0 Å². The van der Waals surface area contributed by atoms with E-state index in [4.69, 9.17) is 0 Å².